The molecule has 6 heteroatoms. The maximum atomic E-state index is 6.09. The second-order valence-corrected chi connectivity index (χ2v) is 8.65. The van der Waals surface area contributed by atoms with Crippen molar-refractivity contribution < 1.29 is 13.8 Å². The molecular formula is C16H26NO3PS. The summed E-state index contributed by atoms with van der Waals surface area (Å²) in [5.74, 6) is 0.813. The van der Waals surface area contributed by atoms with Crippen LogP contribution in [0.1, 0.15) is 44.2 Å². The highest BCUT2D eigenvalue weighted by Crippen LogP contribution is 2.46. The number of hydrogen-bond acceptors (Lipinski definition) is 4. The first kappa shape index (κ1) is 17.9. The third-order valence-electron chi connectivity index (χ3n) is 3.85. The van der Waals surface area contributed by atoms with Gasteiger partial charge in [0.2, 0.25) is 0 Å². The first-order chi connectivity index (χ1) is 10.6. The molecule has 4 nitrogen and oxygen atoms in total. The molecule has 2 rings (SSSR count). The van der Waals surface area contributed by atoms with Gasteiger partial charge in [0.15, 0.2) is 0 Å². The van der Waals surface area contributed by atoms with Gasteiger partial charge < -0.3 is 13.8 Å². The van der Waals surface area contributed by atoms with E-state index in [1.807, 2.05) is 6.07 Å². The van der Waals surface area contributed by atoms with Crippen LogP contribution in [0, 0.1) is 0 Å². The first-order valence-corrected chi connectivity index (χ1v) is 10.6. The van der Waals surface area contributed by atoms with Gasteiger partial charge in [-0.1, -0.05) is 26.0 Å². The van der Waals surface area contributed by atoms with Crippen molar-refractivity contribution in [3.8, 4) is 5.75 Å². The molecule has 1 N–H and O–H groups in total. The molecule has 2 unspecified atom stereocenters. The first-order valence-electron chi connectivity index (χ1n) is 7.96. The molecule has 1 aromatic carbocycles. The molecule has 0 radical (unpaired) electrons. The quantitative estimate of drug-likeness (QED) is 0.752. The van der Waals surface area contributed by atoms with E-state index in [0.29, 0.717) is 0 Å². The Morgan fingerprint density at radius 1 is 1.32 bits per heavy atom. The van der Waals surface area contributed by atoms with E-state index in [1.54, 1.807) is 7.11 Å². The molecule has 1 saturated heterocycles. The summed E-state index contributed by atoms with van der Waals surface area (Å²) in [7, 11) is 1.60. The van der Waals surface area contributed by atoms with Crippen LogP contribution in [0.5, 0.6) is 5.75 Å². The van der Waals surface area contributed by atoms with Gasteiger partial charge in [-0.15, -0.1) is 0 Å². The maximum absolute atomic E-state index is 6.09. The van der Waals surface area contributed by atoms with Gasteiger partial charge >= 0.3 is 6.64 Å². The lowest BCUT2D eigenvalue weighted by Crippen LogP contribution is -2.34. The fraction of sp³-hybridized carbons (Fsp3) is 0.625. The molecule has 0 aliphatic carbocycles. The lowest BCUT2D eigenvalue weighted by molar-refractivity contribution is 0.00693. The van der Waals surface area contributed by atoms with Gasteiger partial charge in [0.1, 0.15) is 12.0 Å². The minimum atomic E-state index is -2.60. The Morgan fingerprint density at radius 3 is 2.73 bits per heavy atom. The van der Waals surface area contributed by atoms with Crippen molar-refractivity contribution in [3.05, 3.63) is 29.3 Å². The summed E-state index contributed by atoms with van der Waals surface area (Å²) in [6.45, 7) is 2.44. The van der Waals surface area contributed by atoms with Gasteiger partial charge in [0.05, 0.1) is 0 Å². The van der Waals surface area contributed by atoms with Gasteiger partial charge in [-0.2, -0.15) is 0 Å². The minimum Gasteiger partial charge on any atom is -0.432 e. The third kappa shape index (κ3) is 4.77. The zero-order valence-electron chi connectivity index (χ0n) is 13.6. The van der Waals surface area contributed by atoms with Crippen LogP contribution in [-0.2, 0) is 33.9 Å². The summed E-state index contributed by atoms with van der Waals surface area (Å²) in [5, 5.41) is 3.27. The number of aryl methyl sites for hydroxylation is 2. The highest BCUT2D eigenvalue weighted by atomic mass is 32.5. The van der Waals surface area contributed by atoms with E-state index in [9.17, 15) is 0 Å². The minimum absolute atomic E-state index is 0.0699. The second kappa shape index (κ2) is 8.42. The van der Waals surface area contributed by atoms with E-state index < -0.39 is 6.64 Å². The molecule has 1 aliphatic heterocycles. The number of benzene rings is 1. The van der Waals surface area contributed by atoms with E-state index in [2.05, 4.69) is 31.1 Å². The Labute approximate surface area is 138 Å². The summed E-state index contributed by atoms with van der Waals surface area (Å²) in [6, 6.07) is 6.27. The standard InChI is InChI=1S/C16H26NO3PS/c1-4-13-9-10-15(14(5-2)12-13)20-21(22,18-3)17-16-8-6-7-11-19-16/h9-10,12,16H,4-8,11H2,1-3H3,(H,17,22). The monoisotopic (exact) mass is 343 g/mol. The van der Waals surface area contributed by atoms with Crippen molar-refractivity contribution in [2.24, 2.45) is 0 Å². The van der Waals surface area contributed by atoms with E-state index in [4.69, 9.17) is 25.6 Å². The van der Waals surface area contributed by atoms with Crippen LogP contribution >= 0.6 is 6.64 Å². The molecule has 22 heavy (non-hydrogen) atoms. The lowest BCUT2D eigenvalue weighted by Gasteiger charge is -2.30. The van der Waals surface area contributed by atoms with Crippen molar-refractivity contribution in [1.82, 2.24) is 5.09 Å². The van der Waals surface area contributed by atoms with Gasteiger partial charge in [0, 0.05) is 13.7 Å². The SMILES string of the molecule is CCc1ccc(OP(=S)(NC2CCCCO2)OC)c(CC)c1. The van der Waals surface area contributed by atoms with Gasteiger partial charge in [0.25, 0.3) is 0 Å². The number of hydrogen-bond donors (Lipinski definition) is 1. The van der Waals surface area contributed by atoms with Crippen LogP contribution in [0.15, 0.2) is 18.2 Å². The summed E-state index contributed by atoms with van der Waals surface area (Å²) < 4.78 is 17.3. The van der Waals surface area contributed by atoms with Gasteiger partial charge in [-0.25, -0.2) is 5.09 Å². The molecule has 2 atom stereocenters. The maximum Gasteiger partial charge on any atom is 0.314 e. The summed E-state index contributed by atoms with van der Waals surface area (Å²) >= 11 is 5.61. The number of ether oxygens (including phenoxy) is 1. The summed E-state index contributed by atoms with van der Waals surface area (Å²) in [5.41, 5.74) is 2.47. The Bertz CT molecular complexity index is 532. The van der Waals surface area contributed by atoms with E-state index >= 15 is 0 Å². The van der Waals surface area contributed by atoms with Crippen LogP contribution < -0.4 is 9.61 Å². The van der Waals surface area contributed by atoms with E-state index in [-0.39, 0.29) is 6.23 Å². The van der Waals surface area contributed by atoms with Crippen molar-refractivity contribution >= 4 is 18.4 Å². The Hall–Kier alpha value is -0.450. The second-order valence-electron chi connectivity index (χ2n) is 5.40. The van der Waals surface area contributed by atoms with Gasteiger partial charge in [-0.05, 0) is 61.1 Å². The van der Waals surface area contributed by atoms with E-state index in [1.165, 1.54) is 5.56 Å². The Morgan fingerprint density at radius 2 is 2.14 bits per heavy atom. The van der Waals surface area contributed by atoms with Gasteiger partial charge in [-0.3, -0.25) is 0 Å². The van der Waals surface area contributed by atoms with Crippen LogP contribution in [0.3, 0.4) is 0 Å². The molecule has 0 spiro atoms. The summed E-state index contributed by atoms with van der Waals surface area (Å²) in [6.07, 6.45) is 5.04. The fourth-order valence-electron chi connectivity index (χ4n) is 2.48. The predicted octanol–water partition coefficient (Wildman–Crippen LogP) is 4.18. The Kier molecular flexibility index (Phi) is 6.85. The van der Waals surface area contributed by atoms with Crippen molar-refractivity contribution in [2.75, 3.05) is 13.7 Å². The third-order valence-corrected chi connectivity index (χ3v) is 6.36. The number of nitrogens with one attached hydrogen (secondary N) is 1. The molecule has 0 bridgehead atoms. The molecule has 1 aliphatic rings. The largest absolute Gasteiger partial charge is 0.432 e. The molecular weight excluding hydrogens is 317 g/mol. The average Bonchev–Trinajstić information content (AvgIpc) is 2.56. The molecule has 0 saturated carbocycles. The highest BCUT2D eigenvalue weighted by molar-refractivity contribution is 8.09. The summed E-state index contributed by atoms with van der Waals surface area (Å²) in [4.78, 5) is 0. The van der Waals surface area contributed by atoms with Crippen LogP contribution in [-0.4, -0.2) is 19.9 Å². The molecule has 0 aromatic heterocycles. The topological polar surface area (TPSA) is 39.7 Å². The molecule has 1 fully saturated rings. The fourth-order valence-corrected chi connectivity index (χ4v) is 4.30. The zero-order valence-corrected chi connectivity index (χ0v) is 15.3. The molecule has 1 aromatic rings. The molecule has 1 heterocycles. The highest BCUT2D eigenvalue weighted by Gasteiger charge is 2.26. The smallest absolute Gasteiger partial charge is 0.314 e. The lowest BCUT2D eigenvalue weighted by atomic mass is 10.1. The molecule has 124 valence electrons. The normalized spacial score (nSPS) is 21.3. The predicted molar refractivity (Wildman–Crippen MR) is 93.8 cm³/mol. The average molecular weight is 343 g/mol. The molecule has 0 amide bonds. The van der Waals surface area contributed by atoms with Crippen LogP contribution in [0.2, 0.25) is 0 Å². The van der Waals surface area contributed by atoms with Crippen molar-refractivity contribution in [1.29, 1.82) is 0 Å². The number of rotatable bonds is 7. The Balaban J connectivity index is 2.12. The van der Waals surface area contributed by atoms with Crippen molar-refractivity contribution in [3.63, 3.8) is 0 Å². The van der Waals surface area contributed by atoms with Crippen LogP contribution in [0.25, 0.3) is 0 Å². The van der Waals surface area contributed by atoms with Crippen LogP contribution in [0.4, 0.5) is 0 Å². The van der Waals surface area contributed by atoms with E-state index in [0.717, 1.165) is 50.0 Å². The van der Waals surface area contributed by atoms with Crippen molar-refractivity contribution in [2.45, 2.75) is 52.2 Å². The zero-order chi connectivity index (χ0) is 16.0.